The molecular weight excluding hydrogens is 266 g/mol. The molecule has 0 saturated heterocycles. The van der Waals surface area contributed by atoms with E-state index in [4.69, 9.17) is 16.3 Å². The first-order valence-electron chi connectivity index (χ1n) is 5.85. The van der Waals surface area contributed by atoms with Gasteiger partial charge >= 0.3 is 0 Å². The van der Waals surface area contributed by atoms with Crippen molar-refractivity contribution in [3.8, 4) is 11.5 Å². The van der Waals surface area contributed by atoms with Crippen LogP contribution in [-0.2, 0) is 11.3 Å². The van der Waals surface area contributed by atoms with E-state index in [9.17, 15) is 10.2 Å². The molecule has 1 aliphatic heterocycles. The Bertz CT molecular complexity index is 657. The number of halogens is 1. The molecule has 0 amide bonds. The van der Waals surface area contributed by atoms with Gasteiger partial charge in [0.1, 0.15) is 17.6 Å². The molecule has 0 spiro atoms. The Labute approximate surface area is 115 Å². The average molecular weight is 278 g/mol. The topological polar surface area (TPSA) is 62.6 Å². The third kappa shape index (κ3) is 1.93. The highest BCUT2D eigenvalue weighted by Gasteiger charge is 2.31. The van der Waals surface area contributed by atoms with E-state index < -0.39 is 6.10 Å². The van der Waals surface area contributed by atoms with Crippen molar-refractivity contribution in [2.75, 3.05) is 0 Å². The van der Waals surface area contributed by atoms with Crippen molar-refractivity contribution in [1.82, 2.24) is 4.98 Å². The number of benzene rings is 1. The zero-order chi connectivity index (χ0) is 13.6. The second-order valence-electron chi connectivity index (χ2n) is 4.53. The molecule has 19 heavy (non-hydrogen) atoms. The van der Waals surface area contributed by atoms with E-state index >= 15 is 0 Å². The van der Waals surface area contributed by atoms with Crippen LogP contribution in [0.5, 0.6) is 11.5 Å². The van der Waals surface area contributed by atoms with Crippen molar-refractivity contribution in [3.63, 3.8) is 0 Å². The quantitative estimate of drug-likeness (QED) is 0.841. The monoisotopic (exact) mass is 277 g/mol. The Morgan fingerprint density at radius 3 is 2.95 bits per heavy atom. The Kier molecular flexibility index (Phi) is 2.84. The predicted octanol–water partition coefficient (Wildman–Crippen LogP) is 3.07. The summed E-state index contributed by atoms with van der Waals surface area (Å²) in [7, 11) is 0. The predicted molar refractivity (Wildman–Crippen MR) is 70.4 cm³/mol. The SMILES string of the molecule is Cc1ncc2c(c1O)C(c1cc(Cl)ccc1O)OC2. The lowest BCUT2D eigenvalue weighted by Gasteiger charge is -2.15. The molecule has 5 heteroatoms. The highest BCUT2D eigenvalue weighted by Crippen LogP contribution is 2.44. The van der Waals surface area contributed by atoms with Crippen LogP contribution >= 0.6 is 11.6 Å². The highest BCUT2D eigenvalue weighted by molar-refractivity contribution is 6.30. The van der Waals surface area contributed by atoms with Gasteiger partial charge in [0.2, 0.25) is 0 Å². The van der Waals surface area contributed by atoms with Crippen molar-refractivity contribution in [3.05, 3.63) is 51.8 Å². The van der Waals surface area contributed by atoms with E-state index in [1.165, 1.54) is 6.07 Å². The van der Waals surface area contributed by atoms with Crippen molar-refractivity contribution in [2.45, 2.75) is 19.6 Å². The normalized spacial score (nSPS) is 17.5. The number of pyridine rings is 1. The van der Waals surface area contributed by atoms with Gasteiger partial charge in [-0.05, 0) is 25.1 Å². The second-order valence-corrected chi connectivity index (χ2v) is 4.96. The van der Waals surface area contributed by atoms with E-state index in [2.05, 4.69) is 4.98 Å². The number of hydrogen-bond donors (Lipinski definition) is 2. The molecule has 1 aromatic carbocycles. The summed E-state index contributed by atoms with van der Waals surface area (Å²) in [6.45, 7) is 2.08. The summed E-state index contributed by atoms with van der Waals surface area (Å²) in [5.74, 6) is 0.204. The number of aromatic hydroxyl groups is 2. The summed E-state index contributed by atoms with van der Waals surface area (Å²) in [5.41, 5.74) is 2.57. The number of ether oxygens (including phenoxy) is 1. The molecule has 1 aliphatic rings. The molecule has 0 fully saturated rings. The van der Waals surface area contributed by atoms with Gasteiger partial charge in [-0.2, -0.15) is 0 Å². The fraction of sp³-hybridized carbons (Fsp3) is 0.214. The zero-order valence-electron chi connectivity index (χ0n) is 10.2. The highest BCUT2D eigenvalue weighted by atomic mass is 35.5. The van der Waals surface area contributed by atoms with E-state index in [-0.39, 0.29) is 11.5 Å². The number of phenols is 1. The first-order valence-corrected chi connectivity index (χ1v) is 6.23. The number of phenolic OH excluding ortho intramolecular Hbond substituents is 1. The molecule has 0 bridgehead atoms. The van der Waals surface area contributed by atoms with E-state index in [1.54, 1.807) is 25.3 Å². The number of rotatable bonds is 1. The van der Waals surface area contributed by atoms with Gasteiger partial charge in [-0.15, -0.1) is 0 Å². The Morgan fingerprint density at radius 2 is 2.16 bits per heavy atom. The summed E-state index contributed by atoms with van der Waals surface area (Å²) in [5, 5.41) is 20.6. The largest absolute Gasteiger partial charge is 0.508 e. The molecule has 1 atom stereocenters. The number of aromatic nitrogens is 1. The van der Waals surface area contributed by atoms with Crippen LogP contribution in [0.1, 0.15) is 28.5 Å². The Morgan fingerprint density at radius 1 is 1.37 bits per heavy atom. The van der Waals surface area contributed by atoms with Crippen molar-refractivity contribution < 1.29 is 14.9 Å². The molecule has 2 aromatic rings. The minimum atomic E-state index is -0.518. The summed E-state index contributed by atoms with van der Waals surface area (Å²) in [4.78, 5) is 4.10. The molecule has 2 N–H and O–H groups in total. The summed E-state index contributed by atoms with van der Waals surface area (Å²) >= 11 is 5.95. The van der Waals surface area contributed by atoms with Crippen molar-refractivity contribution >= 4 is 11.6 Å². The molecule has 4 nitrogen and oxygen atoms in total. The first kappa shape index (κ1) is 12.3. The summed E-state index contributed by atoms with van der Waals surface area (Å²) in [6, 6.07) is 4.77. The minimum Gasteiger partial charge on any atom is -0.508 e. The third-order valence-electron chi connectivity index (χ3n) is 3.30. The molecule has 2 heterocycles. The fourth-order valence-corrected chi connectivity index (χ4v) is 2.48. The molecular formula is C14H12ClNO3. The first-order chi connectivity index (χ1) is 9.08. The Hall–Kier alpha value is -1.78. The van der Waals surface area contributed by atoms with Gasteiger partial charge in [0.15, 0.2) is 0 Å². The average Bonchev–Trinajstić information content (AvgIpc) is 2.81. The van der Waals surface area contributed by atoms with Gasteiger partial charge in [-0.1, -0.05) is 11.6 Å². The zero-order valence-corrected chi connectivity index (χ0v) is 11.0. The maximum Gasteiger partial charge on any atom is 0.143 e. The minimum absolute atomic E-state index is 0.0936. The number of aryl methyl sites for hydroxylation is 1. The van der Waals surface area contributed by atoms with Crippen LogP contribution in [0.3, 0.4) is 0 Å². The third-order valence-corrected chi connectivity index (χ3v) is 3.53. The molecule has 1 unspecified atom stereocenters. The van der Waals surface area contributed by atoms with Crippen LogP contribution in [0, 0.1) is 6.92 Å². The van der Waals surface area contributed by atoms with Crippen LogP contribution in [-0.4, -0.2) is 15.2 Å². The molecule has 0 radical (unpaired) electrons. The van der Waals surface area contributed by atoms with E-state index in [1.807, 2.05) is 0 Å². The molecule has 0 aliphatic carbocycles. The van der Waals surface area contributed by atoms with Crippen LogP contribution in [0.25, 0.3) is 0 Å². The lowest BCUT2D eigenvalue weighted by Crippen LogP contribution is -2.00. The standard InChI is InChI=1S/C14H12ClNO3/c1-7-13(18)12-8(5-16-7)6-19-14(12)10-4-9(15)2-3-11(10)17/h2-5,14,17-18H,6H2,1H3. The fourth-order valence-electron chi connectivity index (χ4n) is 2.30. The maximum atomic E-state index is 10.2. The number of fused-ring (bicyclic) bond motifs is 1. The lowest BCUT2D eigenvalue weighted by atomic mass is 9.98. The number of nitrogens with zero attached hydrogens (tertiary/aromatic N) is 1. The van der Waals surface area contributed by atoms with Gasteiger partial charge < -0.3 is 14.9 Å². The molecule has 98 valence electrons. The van der Waals surface area contributed by atoms with Crippen LogP contribution in [0.4, 0.5) is 0 Å². The second kappa shape index (κ2) is 4.40. The summed E-state index contributed by atoms with van der Waals surface area (Å²) < 4.78 is 5.66. The van der Waals surface area contributed by atoms with E-state index in [0.717, 1.165) is 5.56 Å². The van der Waals surface area contributed by atoms with E-state index in [0.29, 0.717) is 28.5 Å². The lowest BCUT2D eigenvalue weighted by molar-refractivity contribution is 0.0911. The van der Waals surface area contributed by atoms with Gasteiger partial charge in [0, 0.05) is 27.9 Å². The smallest absolute Gasteiger partial charge is 0.143 e. The maximum absolute atomic E-state index is 10.2. The van der Waals surface area contributed by atoms with Crippen molar-refractivity contribution in [1.29, 1.82) is 0 Å². The van der Waals surface area contributed by atoms with Gasteiger partial charge in [0.25, 0.3) is 0 Å². The van der Waals surface area contributed by atoms with Crippen LogP contribution in [0.2, 0.25) is 5.02 Å². The van der Waals surface area contributed by atoms with Crippen molar-refractivity contribution in [2.24, 2.45) is 0 Å². The summed E-state index contributed by atoms with van der Waals surface area (Å²) in [6.07, 6.45) is 1.17. The molecule has 3 rings (SSSR count). The van der Waals surface area contributed by atoms with Gasteiger partial charge in [-0.25, -0.2) is 0 Å². The molecule has 0 saturated carbocycles. The van der Waals surface area contributed by atoms with Crippen LogP contribution < -0.4 is 0 Å². The van der Waals surface area contributed by atoms with Crippen LogP contribution in [0.15, 0.2) is 24.4 Å². The Balaban J connectivity index is 2.17. The number of hydrogen-bond acceptors (Lipinski definition) is 4. The van der Waals surface area contributed by atoms with Gasteiger partial charge in [0.05, 0.1) is 12.3 Å². The molecule has 1 aromatic heterocycles. The van der Waals surface area contributed by atoms with Gasteiger partial charge in [-0.3, -0.25) is 4.98 Å².